The molecule has 1 aromatic heterocycles. The van der Waals surface area contributed by atoms with E-state index in [1.165, 1.54) is 6.33 Å². The molecule has 5 heteroatoms. The molecule has 11 heavy (non-hydrogen) atoms. The third kappa shape index (κ3) is 0.899. The van der Waals surface area contributed by atoms with Gasteiger partial charge in [0.2, 0.25) is 0 Å². The quantitative estimate of drug-likeness (QED) is 0.545. The number of nitrogens with zero attached hydrogens (tertiary/aromatic N) is 3. The van der Waals surface area contributed by atoms with Crippen LogP contribution in [0.2, 0.25) is 0 Å². The lowest BCUT2D eigenvalue weighted by atomic mass is 10.3. The van der Waals surface area contributed by atoms with Crippen LogP contribution in [0.3, 0.4) is 0 Å². The number of rotatable bonds is 0. The maximum Gasteiger partial charge on any atom is 0.151 e. The van der Waals surface area contributed by atoms with Crippen LogP contribution < -0.4 is 11.1 Å². The van der Waals surface area contributed by atoms with Crippen LogP contribution >= 0.6 is 0 Å². The van der Waals surface area contributed by atoms with Gasteiger partial charge in [0.25, 0.3) is 0 Å². The van der Waals surface area contributed by atoms with E-state index in [0.717, 1.165) is 11.4 Å². The average molecular weight is 149 g/mol. The van der Waals surface area contributed by atoms with Gasteiger partial charge in [-0.1, -0.05) is 0 Å². The van der Waals surface area contributed by atoms with E-state index in [2.05, 4.69) is 20.3 Å². The summed E-state index contributed by atoms with van der Waals surface area (Å²) in [5.41, 5.74) is 7.19. The molecule has 0 spiro atoms. The van der Waals surface area contributed by atoms with E-state index in [4.69, 9.17) is 5.73 Å². The Balaban J connectivity index is 2.54. The highest BCUT2D eigenvalue weighted by Gasteiger charge is 2.09. The van der Waals surface area contributed by atoms with E-state index in [9.17, 15) is 0 Å². The Hall–Kier alpha value is -1.65. The highest BCUT2D eigenvalue weighted by atomic mass is 15.1. The largest absolute Gasteiger partial charge is 0.382 e. The molecular formula is C6H7N5. The summed E-state index contributed by atoms with van der Waals surface area (Å²) in [4.78, 5) is 11.8. The van der Waals surface area contributed by atoms with Crippen molar-refractivity contribution >= 4 is 17.8 Å². The molecule has 2 heterocycles. The van der Waals surface area contributed by atoms with Crippen molar-refractivity contribution in [2.75, 3.05) is 11.1 Å². The fraction of sp³-hybridized carbons (Fsp3) is 0.167. The Bertz CT molecular complexity index is 306. The van der Waals surface area contributed by atoms with Crippen LogP contribution in [0.15, 0.2) is 11.3 Å². The molecule has 5 nitrogen and oxygen atoms in total. The summed E-state index contributed by atoms with van der Waals surface area (Å²) in [6.45, 7) is 0.578. The summed E-state index contributed by atoms with van der Waals surface area (Å²) >= 11 is 0. The van der Waals surface area contributed by atoms with Gasteiger partial charge in [-0.2, -0.15) is 0 Å². The topological polar surface area (TPSA) is 76.2 Å². The number of hydrogen-bond acceptors (Lipinski definition) is 5. The normalized spacial score (nSPS) is 13.8. The molecule has 0 amide bonds. The van der Waals surface area contributed by atoms with Gasteiger partial charge in [-0.15, -0.1) is 0 Å². The van der Waals surface area contributed by atoms with Gasteiger partial charge >= 0.3 is 0 Å². The van der Waals surface area contributed by atoms with E-state index in [0.29, 0.717) is 12.4 Å². The van der Waals surface area contributed by atoms with Crippen molar-refractivity contribution in [2.45, 2.75) is 6.54 Å². The number of nitrogen functional groups attached to an aromatic ring is 1. The smallest absolute Gasteiger partial charge is 0.151 e. The molecule has 0 unspecified atom stereocenters. The first-order valence-electron chi connectivity index (χ1n) is 3.22. The van der Waals surface area contributed by atoms with E-state index in [1.54, 1.807) is 6.34 Å². The van der Waals surface area contributed by atoms with Crippen molar-refractivity contribution in [3.63, 3.8) is 0 Å². The number of aliphatic imine (C=N–C) groups is 1. The van der Waals surface area contributed by atoms with Gasteiger partial charge < -0.3 is 11.1 Å². The molecule has 1 aliphatic heterocycles. The number of aromatic nitrogens is 2. The number of hydrogen-bond donors (Lipinski definition) is 2. The Labute approximate surface area is 63.4 Å². The zero-order valence-corrected chi connectivity index (χ0v) is 5.78. The first kappa shape index (κ1) is 6.09. The second kappa shape index (κ2) is 2.19. The SMILES string of the molecule is Nc1ncnc2c1NC=NC2. The second-order valence-electron chi connectivity index (χ2n) is 2.19. The van der Waals surface area contributed by atoms with Gasteiger partial charge in [0.15, 0.2) is 5.82 Å². The average Bonchev–Trinajstić information content (AvgIpc) is 2.06. The molecule has 0 saturated heterocycles. The van der Waals surface area contributed by atoms with Crippen LogP contribution in [0, 0.1) is 0 Å². The van der Waals surface area contributed by atoms with Crippen molar-refractivity contribution < 1.29 is 0 Å². The first-order chi connectivity index (χ1) is 5.38. The summed E-state index contributed by atoms with van der Waals surface area (Å²) in [5, 5.41) is 2.89. The summed E-state index contributed by atoms with van der Waals surface area (Å²) in [7, 11) is 0. The Morgan fingerprint density at radius 3 is 3.18 bits per heavy atom. The van der Waals surface area contributed by atoms with Crippen LogP contribution in [0.25, 0.3) is 0 Å². The maximum absolute atomic E-state index is 5.57. The monoisotopic (exact) mass is 149 g/mol. The Morgan fingerprint density at radius 1 is 1.45 bits per heavy atom. The lowest BCUT2D eigenvalue weighted by molar-refractivity contribution is 0.962. The minimum Gasteiger partial charge on any atom is -0.382 e. The first-order valence-corrected chi connectivity index (χ1v) is 3.22. The molecule has 2 rings (SSSR count). The van der Waals surface area contributed by atoms with Crippen LogP contribution in [0.5, 0.6) is 0 Å². The summed E-state index contributed by atoms with van der Waals surface area (Å²) in [6.07, 6.45) is 3.04. The maximum atomic E-state index is 5.57. The summed E-state index contributed by atoms with van der Waals surface area (Å²) < 4.78 is 0. The van der Waals surface area contributed by atoms with Gasteiger partial charge in [-0.25, -0.2) is 9.97 Å². The molecule has 1 aromatic rings. The fourth-order valence-electron chi connectivity index (χ4n) is 0.957. The zero-order chi connectivity index (χ0) is 7.68. The van der Waals surface area contributed by atoms with E-state index in [-0.39, 0.29) is 0 Å². The molecule has 3 N–H and O–H groups in total. The van der Waals surface area contributed by atoms with Crippen LogP contribution in [0.1, 0.15) is 5.69 Å². The molecule has 0 bridgehead atoms. The Kier molecular flexibility index (Phi) is 1.21. The molecule has 56 valence electrons. The highest BCUT2D eigenvalue weighted by molar-refractivity contribution is 5.83. The Morgan fingerprint density at radius 2 is 2.36 bits per heavy atom. The number of nitrogens with one attached hydrogen (secondary N) is 1. The van der Waals surface area contributed by atoms with Crippen LogP contribution in [-0.4, -0.2) is 16.3 Å². The number of fused-ring (bicyclic) bond motifs is 1. The fourth-order valence-corrected chi connectivity index (χ4v) is 0.957. The summed E-state index contributed by atoms with van der Waals surface area (Å²) in [6, 6.07) is 0. The molecule has 0 atom stereocenters. The molecule has 0 saturated carbocycles. The lowest BCUT2D eigenvalue weighted by Gasteiger charge is -2.11. The number of anilines is 2. The minimum absolute atomic E-state index is 0.473. The number of nitrogens with two attached hydrogens (primary N) is 1. The zero-order valence-electron chi connectivity index (χ0n) is 5.78. The predicted octanol–water partition coefficient (Wildman–Crippen LogP) is 0.0126. The third-order valence-electron chi connectivity index (χ3n) is 1.50. The second-order valence-corrected chi connectivity index (χ2v) is 2.19. The molecule has 0 fully saturated rings. The summed E-state index contributed by atoms with van der Waals surface area (Å²) in [5.74, 6) is 0.473. The molecule has 0 aliphatic carbocycles. The highest BCUT2D eigenvalue weighted by Crippen LogP contribution is 2.20. The molecule has 1 aliphatic rings. The van der Waals surface area contributed by atoms with Crippen LogP contribution in [-0.2, 0) is 6.54 Å². The van der Waals surface area contributed by atoms with E-state index >= 15 is 0 Å². The van der Waals surface area contributed by atoms with Crippen molar-refractivity contribution in [1.82, 2.24) is 9.97 Å². The van der Waals surface area contributed by atoms with Gasteiger partial charge in [-0.05, 0) is 0 Å². The van der Waals surface area contributed by atoms with E-state index in [1.807, 2.05) is 0 Å². The van der Waals surface area contributed by atoms with Crippen molar-refractivity contribution in [3.8, 4) is 0 Å². The molecular weight excluding hydrogens is 142 g/mol. The molecule has 0 aromatic carbocycles. The molecule has 0 radical (unpaired) electrons. The van der Waals surface area contributed by atoms with Gasteiger partial charge in [0.1, 0.15) is 12.0 Å². The van der Waals surface area contributed by atoms with Crippen LogP contribution in [0.4, 0.5) is 11.5 Å². The third-order valence-corrected chi connectivity index (χ3v) is 1.50. The predicted molar refractivity (Wildman–Crippen MR) is 42.3 cm³/mol. The standard InChI is InChI=1S/C6H7N5/c7-6-5-4(9-3-11-6)1-8-2-10-5/h2-3H,1H2,(H,8,10)(H2,7,9,11). The van der Waals surface area contributed by atoms with Gasteiger partial charge in [0, 0.05) is 0 Å². The lowest BCUT2D eigenvalue weighted by Crippen LogP contribution is -2.10. The van der Waals surface area contributed by atoms with Crippen molar-refractivity contribution in [3.05, 3.63) is 12.0 Å². The minimum atomic E-state index is 0.473. The van der Waals surface area contributed by atoms with Crippen molar-refractivity contribution in [2.24, 2.45) is 4.99 Å². The van der Waals surface area contributed by atoms with E-state index < -0.39 is 0 Å². The van der Waals surface area contributed by atoms with Crippen molar-refractivity contribution in [1.29, 1.82) is 0 Å². The van der Waals surface area contributed by atoms with Gasteiger partial charge in [-0.3, -0.25) is 4.99 Å². The van der Waals surface area contributed by atoms with Gasteiger partial charge in [0.05, 0.1) is 18.6 Å².